The van der Waals surface area contributed by atoms with Gasteiger partial charge in [0.05, 0.1) is 0 Å². The molecule has 2 nitrogen and oxygen atoms in total. The molecule has 1 heterocycles. The third kappa shape index (κ3) is 2.00. The van der Waals surface area contributed by atoms with Crippen LogP contribution in [0.15, 0.2) is 0 Å². The first-order valence-corrected chi connectivity index (χ1v) is 4.41. The average molecular weight is 332 g/mol. The van der Waals surface area contributed by atoms with Crippen LogP contribution >= 0.6 is 23.2 Å². The van der Waals surface area contributed by atoms with E-state index in [2.05, 4.69) is 27.9 Å². The van der Waals surface area contributed by atoms with Crippen molar-refractivity contribution in [2.24, 2.45) is 0 Å². The van der Waals surface area contributed by atoms with Gasteiger partial charge in [-0.05, 0) is 0 Å². The summed E-state index contributed by atoms with van der Waals surface area (Å²) in [4.78, 5) is -2.45. The molecular weight excluding hydrogens is 332 g/mol. The molecule has 0 aliphatic carbocycles. The highest BCUT2D eigenvalue weighted by molar-refractivity contribution is 6.48. The molecule has 108 valence electrons. The Hall–Kier alpha value is -0.130. The van der Waals surface area contributed by atoms with E-state index < -0.39 is 33.9 Å². The van der Waals surface area contributed by atoms with E-state index in [0.717, 1.165) is 0 Å². The number of rotatable bonds is 0. The monoisotopic (exact) mass is 331 g/mol. The molecule has 0 aromatic carbocycles. The van der Waals surface area contributed by atoms with Gasteiger partial charge in [-0.3, -0.25) is 4.74 Å². The summed E-state index contributed by atoms with van der Waals surface area (Å²) in [5.74, 6) is -5.90. The molecule has 0 saturated carbocycles. The van der Waals surface area contributed by atoms with Crippen molar-refractivity contribution >= 4 is 23.2 Å². The van der Waals surface area contributed by atoms with Crippen molar-refractivity contribution in [1.82, 2.24) is 4.90 Å². The van der Waals surface area contributed by atoms with E-state index in [-0.39, 0.29) is 0 Å². The molecule has 0 aromatic rings. The zero-order valence-corrected chi connectivity index (χ0v) is 9.02. The van der Waals surface area contributed by atoms with Gasteiger partial charge in [0.1, 0.15) is 0 Å². The molecule has 1 aliphatic heterocycles. The zero-order chi connectivity index (χ0) is 14.8. The maximum absolute atomic E-state index is 13.2. The van der Waals surface area contributed by atoms with Crippen molar-refractivity contribution < 1.29 is 44.3 Å². The lowest BCUT2D eigenvalue weighted by Crippen LogP contribution is -2.62. The summed E-state index contributed by atoms with van der Waals surface area (Å²) in [6.07, 6.45) is -18.2. The number of hydrogen-bond acceptors (Lipinski definition) is 2. The lowest BCUT2D eigenvalue weighted by atomic mass is 10.4. The Morgan fingerprint density at radius 2 is 1.28 bits per heavy atom. The Bertz CT molecular complexity index is 352. The molecular formula is C5Cl2F9NO. The standard InChI is InChI=1S/C5Cl2F9NO/c6-1(7)3(11,12)18-4(13,2(8,9)10)17(1)5(14,15)16. The van der Waals surface area contributed by atoms with Crippen LogP contribution in [0.3, 0.4) is 0 Å². The normalized spacial score (nSPS) is 32.8. The van der Waals surface area contributed by atoms with E-state index in [1.807, 2.05) is 0 Å². The van der Waals surface area contributed by atoms with E-state index >= 15 is 0 Å². The number of alkyl halides is 11. The SMILES string of the molecule is FC(F)(F)N1C(Cl)(Cl)C(F)(F)OC1(F)C(F)(F)F. The van der Waals surface area contributed by atoms with Crippen molar-refractivity contribution in [2.45, 2.75) is 29.0 Å². The largest absolute Gasteiger partial charge is 0.467 e. The summed E-state index contributed by atoms with van der Waals surface area (Å²) < 4.78 is 110. The van der Waals surface area contributed by atoms with Crippen LogP contribution in [0.4, 0.5) is 39.5 Å². The Morgan fingerprint density at radius 1 is 0.889 bits per heavy atom. The summed E-state index contributed by atoms with van der Waals surface area (Å²) >= 11 is 8.91. The van der Waals surface area contributed by atoms with E-state index in [4.69, 9.17) is 0 Å². The zero-order valence-electron chi connectivity index (χ0n) is 7.51. The maximum Gasteiger partial charge on any atom is 0.467 e. The second-order valence-corrected chi connectivity index (χ2v) is 4.31. The topological polar surface area (TPSA) is 12.5 Å². The van der Waals surface area contributed by atoms with Gasteiger partial charge in [0.2, 0.25) is 0 Å². The molecule has 0 bridgehead atoms. The molecule has 1 aliphatic rings. The predicted molar refractivity (Wildman–Crippen MR) is 38.3 cm³/mol. The fourth-order valence-corrected chi connectivity index (χ4v) is 1.58. The minimum Gasteiger partial charge on any atom is -0.258 e. The number of nitrogens with zero attached hydrogens (tertiary/aromatic N) is 1. The molecule has 1 saturated heterocycles. The fourth-order valence-electron chi connectivity index (χ4n) is 1.09. The number of ether oxygens (including phenoxy) is 1. The van der Waals surface area contributed by atoms with Crippen LogP contribution < -0.4 is 0 Å². The van der Waals surface area contributed by atoms with E-state index in [1.165, 1.54) is 0 Å². The molecule has 0 radical (unpaired) electrons. The van der Waals surface area contributed by atoms with E-state index in [1.54, 1.807) is 0 Å². The molecule has 0 spiro atoms. The van der Waals surface area contributed by atoms with Gasteiger partial charge in [-0.1, -0.05) is 23.2 Å². The van der Waals surface area contributed by atoms with Gasteiger partial charge < -0.3 is 0 Å². The van der Waals surface area contributed by atoms with Crippen molar-refractivity contribution in [3.8, 4) is 0 Å². The minimum atomic E-state index is -6.47. The average Bonchev–Trinajstić information content (AvgIpc) is 2.09. The first-order valence-electron chi connectivity index (χ1n) is 3.66. The highest BCUT2D eigenvalue weighted by atomic mass is 35.5. The van der Waals surface area contributed by atoms with Crippen LogP contribution in [-0.2, 0) is 4.74 Å². The second-order valence-electron chi connectivity index (χ2n) is 3.02. The quantitative estimate of drug-likeness (QED) is 0.381. The van der Waals surface area contributed by atoms with E-state index in [9.17, 15) is 39.5 Å². The molecule has 18 heavy (non-hydrogen) atoms. The van der Waals surface area contributed by atoms with Gasteiger partial charge in [0.25, 0.3) is 4.46 Å². The first kappa shape index (κ1) is 15.9. The Morgan fingerprint density at radius 3 is 1.50 bits per heavy atom. The third-order valence-electron chi connectivity index (χ3n) is 1.79. The van der Waals surface area contributed by atoms with Gasteiger partial charge in [0, 0.05) is 0 Å². The summed E-state index contributed by atoms with van der Waals surface area (Å²) in [5, 5.41) is 0. The molecule has 1 atom stereocenters. The molecule has 0 aromatic heterocycles. The molecule has 13 heteroatoms. The Labute approximate surface area is 102 Å². The summed E-state index contributed by atoms with van der Waals surface area (Å²) in [6.45, 7) is 0. The van der Waals surface area contributed by atoms with Gasteiger partial charge in [0.15, 0.2) is 0 Å². The van der Waals surface area contributed by atoms with Crippen LogP contribution in [0.1, 0.15) is 0 Å². The van der Waals surface area contributed by atoms with Crippen LogP contribution in [-0.4, -0.2) is 33.9 Å². The summed E-state index contributed by atoms with van der Waals surface area (Å²) in [7, 11) is 0. The van der Waals surface area contributed by atoms with Crippen LogP contribution in [0.25, 0.3) is 0 Å². The van der Waals surface area contributed by atoms with Crippen LogP contribution in [0.2, 0.25) is 0 Å². The third-order valence-corrected chi connectivity index (χ3v) is 2.56. The molecule has 0 amide bonds. The lowest BCUT2D eigenvalue weighted by molar-refractivity contribution is -0.437. The lowest BCUT2D eigenvalue weighted by Gasteiger charge is -2.34. The highest BCUT2D eigenvalue weighted by Gasteiger charge is 2.86. The van der Waals surface area contributed by atoms with Crippen LogP contribution in [0.5, 0.6) is 0 Å². The maximum atomic E-state index is 13.2. The van der Waals surface area contributed by atoms with Crippen molar-refractivity contribution in [1.29, 1.82) is 0 Å². The van der Waals surface area contributed by atoms with E-state index in [0.29, 0.717) is 0 Å². The molecule has 1 unspecified atom stereocenters. The Kier molecular flexibility index (Phi) is 3.28. The van der Waals surface area contributed by atoms with Crippen molar-refractivity contribution in [2.75, 3.05) is 0 Å². The van der Waals surface area contributed by atoms with Gasteiger partial charge in [-0.25, -0.2) is 0 Å². The second kappa shape index (κ2) is 3.70. The minimum absolute atomic E-state index is 2.45. The van der Waals surface area contributed by atoms with Gasteiger partial charge >= 0.3 is 24.6 Å². The number of halogens is 11. The molecule has 0 N–H and O–H groups in total. The molecule has 1 rings (SSSR count). The van der Waals surface area contributed by atoms with Crippen LogP contribution in [0, 0.1) is 0 Å². The number of hydrogen-bond donors (Lipinski definition) is 0. The molecule has 1 fully saturated rings. The Balaban J connectivity index is 3.47. The first-order chi connectivity index (χ1) is 7.57. The highest BCUT2D eigenvalue weighted by Crippen LogP contribution is 2.61. The van der Waals surface area contributed by atoms with Gasteiger partial charge in [-0.2, -0.15) is 39.5 Å². The smallest absolute Gasteiger partial charge is 0.258 e. The summed E-state index contributed by atoms with van der Waals surface area (Å²) in [6, 6.07) is 0. The van der Waals surface area contributed by atoms with Gasteiger partial charge in [-0.15, -0.1) is 4.90 Å². The predicted octanol–water partition coefficient (Wildman–Crippen LogP) is 3.75. The van der Waals surface area contributed by atoms with Crippen molar-refractivity contribution in [3.63, 3.8) is 0 Å². The van der Waals surface area contributed by atoms with Crippen molar-refractivity contribution in [3.05, 3.63) is 0 Å². The summed E-state index contributed by atoms with van der Waals surface area (Å²) in [5.41, 5.74) is 0. The fraction of sp³-hybridized carbons (Fsp3) is 1.00.